The lowest BCUT2D eigenvalue weighted by molar-refractivity contribution is -0.00615. The molecule has 0 spiro atoms. The van der Waals surface area contributed by atoms with E-state index in [0.717, 1.165) is 0 Å². The van der Waals surface area contributed by atoms with Crippen LogP contribution in [0.4, 0.5) is 4.79 Å². The van der Waals surface area contributed by atoms with Gasteiger partial charge in [0.2, 0.25) is 0 Å². The predicted octanol–water partition coefficient (Wildman–Crippen LogP) is 0.109. The summed E-state index contributed by atoms with van der Waals surface area (Å²) >= 11 is 0. The number of phenolic OH excluding ortho intramolecular Hbond substituents is 1. The van der Waals surface area contributed by atoms with Crippen molar-refractivity contribution in [2.45, 2.75) is 19.2 Å². The molecule has 1 saturated heterocycles. The lowest BCUT2D eigenvalue weighted by Crippen LogP contribution is -2.59. The molecule has 8 nitrogen and oxygen atoms in total. The number of carbonyl (C=O) groups excluding carboxylic acids is 1. The van der Waals surface area contributed by atoms with Crippen LogP contribution in [0, 0.1) is 0 Å². The Kier molecular flexibility index (Phi) is 7.10. The van der Waals surface area contributed by atoms with Crippen molar-refractivity contribution in [3.05, 3.63) is 24.3 Å². The van der Waals surface area contributed by atoms with Crippen LogP contribution in [0.2, 0.25) is 0 Å². The van der Waals surface area contributed by atoms with E-state index in [4.69, 9.17) is 9.47 Å². The topological polar surface area (TPSA) is 103 Å². The number of nitrogens with zero attached hydrogens (tertiary/aromatic N) is 1. The molecule has 2 atom stereocenters. The van der Waals surface area contributed by atoms with Crippen molar-refractivity contribution < 1.29 is 24.5 Å². The number of ether oxygens (including phenoxy) is 2. The average Bonchev–Trinajstić information content (AvgIpc) is 2.60. The zero-order valence-electron chi connectivity index (χ0n) is 13.8. The molecule has 2 unspecified atom stereocenters. The van der Waals surface area contributed by atoms with Crippen LogP contribution in [0.5, 0.6) is 11.5 Å². The molecule has 0 aliphatic carbocycles. The van der Waals surface area contributed by atoms with E-state index in [1.165, 1.54) is 12.1 Å². The number of nitrogens with one attached hydrogen (secondary N) is 2. The number of aromatic hydroxyl groups is 1. The highest BCUT2D eigenvalue weighted by molar-refractivity contribution is 5.74. The minimum atomic E-state index is -0.739. The van der Waals surface area contributed by atoms with Crippen molar-refractivity contribution >= 4 is 6.03 Å². The molecule has 0 bridgehead atoms. The van der Waals surface area contributed by atoms with E-state index >= 15 is 0 Å². The van der Waals surface area contributed by atoms with E-state index in [2.05, 4.69) is 10.6 Å². The van der Waals surface area contributed by atoms with Gasteiger partial charge in [0.05, 0.1) is 13.2 Å². The van der Waals surface area contributed by atoms with Gasteiger partial charge in [-0.15, -0.1) is 0 Å². The van der Waals surface area contributed by atoms with Crippen LogP contribution in [0.25, 0.3) is 0 Å². The van der Waals surface area contributed by atoms with E-state index in [0.29, 0.717) is 32.1 Å². The smallest absolute Gasteiger partial charge is 0.318 e. The van der Waals surface area contributed by atoms with Gasteiger partial charge >= 0.3 is 6.03 Å². The monoisotopic (exact) mass is 339 g/mol. The average molecular weight is 339 g/mol. The highest BCUT2D eigenvalue weighted by Crippen LogP contribution is 2.16. The molecule has 2 rings (SSSR count). The number of urea groups is 1. The highest BCUT2D eigenvalue weighted by Gasteiger charge is 2.27. The van der Waals surface area contributed by atoms with E-state index < -0.39 is 6.10 Å². The van der Waals surface area contributed by atoms with E-state index in [-0.39, 0.29) is 31.1 Å². The zero-order chi connectivity index (χ0) is 17.4. The molecule has 8 heteroatoms. The summed E-state index contributed by atoms with van der Waals surface area (Å²) in [6.45, 7) is 4.18. The van der Waals surface area contributed by atoms with Gasteiger partial charge in [-0.2, -0.15) is 0 Å². The molecule has 24 heavy (non-hydrogen) atoms. The molecule has 1 fully saturated rings. The SMILES string of the molecule is CCNC(=O)N1CCOCC1NCC(O)COc1ccc(O)cc1. The molecular formula is C16H25N3O5. The lowest BCUT2D eigenvalue weighted by atomic mass is 10.3. The summed E-state index contributed by atoms with van der Waals surface area (Å²) in [7, 11) is 0. The molecule has 0 aromatic heterocycles. The molecule has 1 aliphatic heterocycles. The summed E-state index contributed by atoms with van der Waals surface area (Å²) in [5, 5.41) is 25.1. The van der Waals surface area contributed by atoms with Gasteiger partial charge in [-0.3, -0.25) is 5.32 Å². The van der Waals surface area contributed by atoms with Gasteiger partial charge < -0.3 is 29.9 Å². The fraction of sp³-hybridized carbons (Fsp3) is 0.562. The molecule has 1 aliphatic rings. The summed E-state index contributed by atoms with van der Waals surface area (Å²) in [6.07, 6.45) is -1.02. The normalized spacial score (nSPS) is 18.9. The first-order valence-electron chi connectivity index (χ1n) is 8.05. The Labute approximate surface area is 141 Å². The zero-order valence-corrected chi connectivity index (χ0v) is 13.8. The number of amides is 2. The maximum atomic E-state index is 12.0. The number of aliphatic hydroxyl groups excluding tert-OH is 1. The van der Waals surface area contributed by atoms with Gasteiger partial charge in [0.15, 0.2) is 0 Å². The second-order valence-electron chi connectivity index (χ2n) is 5.49. The molecule has 1 aromatic rings. The molecule has 134 valence electrons. The molecule has 2 amide bonds. The van der Waals surface area contributed by atoms with Crippen molar-refractivity contribution in [1.29, 1.82) is 0 Å². The Morgan fingerprint density at radius 3 is 2.92 bits per heavy atom. The second kappa shape index (κ2) is 9.31. The fourth-order valence-electron chi connectivity index (χ4n) is 2.33. The van der Waals surface area contributed by atoms with Crippen molar-refractivity contribution in [2.75, 3.05) is 39.5 Å². The van der Waals surface area contributed by atoms with Crippen LogP contribution in [0.1, 0.15) is 6.92 Å². The van der Waals surface area contributed by atoms with E-state index in [1.807, 2.05) is 6.92 Å². The standard InChI is InChI=1S/C16H25N3O5/c1-2-17-16(22)19-7-8-23-11-15(19)18-9-13(21)10-24-14-5-3-12(20)4-6-14/h3-6,13,15,18,20-21H,2,7-11H2,1H3,(H,17,22). The third-order valence-electron chi connectivity index (χ3n) is 3.59. The summed E-state index contributed by atoms with van der Waals surface area (Å²) in [4.78, 5) is 13.7. The van der Waals surface area contributed by atoms with Crippen LogP contribution in [0.3, 0.4) is 0 Å². The van der Waals surface area contributed by atoms with E-state index in [9.17, 15) is 15.0 Å². The van der Waals surface area contributed by atoms with Gasteiger partial charge in [0.25, 0.3) is 0 Å². The summed E-state index contributed by atoms with van der Waals surface area (Å²) in [6, 6.07) is 6.14. The Balaban J connectivity index is 1.75. The molecule has 1 aromatic carbocycles. The largest absolute Gasteiger partial charge is 0.508 e. The number of benzene rings is 1. The Bertz CT molecular complexity index is 511. The fourth-order valence-corrected chi connectivity index (χ4v) is 2.33. The summed E-state index contributed by atoms with van der Waals surface area (Å²) in [5.74, 6) is 0.726. The lowest BCUT2D eigenvalue weighted by Gasteiger charge is -2.36. The van der Waals surface area contributed by atoms with Gasteiger partial charge in [-0.25, -0.2) is 4.79 Å². The van der Waals surface area contributed by atoms with Crippen molar-refractivity contribution in [3.8, 4) is 11.5 Å². The van der Waals surface area contributed by atoms with E-state index in [1.54, 1.807) is 17.0 Å². The maximum Gasteiger partial charge on any atom is 0.318 e. The number of hydrogen-bond donors (Lipinski definition) is 4. The van der Waals surface area contributed by atoms with Crippen LogP contribution in [0.15, 0.2) is 24.3 Å². The molecule has 0 radical (unpaired) electrons. The minimum Gasteiger partial charge on any atom is -0.508 e. The van der Waals surface area contributed by atoms with Crippen molar-refractivity contribution in [3.63, 3.8) is 0 Å². The maximum absolute atomic E-state index is 12.0. The number of hydrogen-bond acceptors (Lipinski definition) is 6. The molecular weight excluding hydrogens is 314 g/mol. The first-order valence-corrected chi connectivity index (χ1v) is 8.05. The van der Waals surface area contributed by atoms with Crippen molar-refractivity contribution in [2.24, 2.45) is 0 Å². The first kappa shape index (κ1) is 18.3. The van der Waals surface area contributed by atoms with Gasteiger partial charge in [-0.1, -0.05) is 0 Å². The second-order valence-corrected chi connectivity index (χ2v) is 5.49. The number of carbonyl (C=O) groups is 1. The van der Waals surface area contributed by atoms with Crippen LogP contribution >= 0.6 is 0 Å². The number of phenols is 1. The Morgan fingerprint density at radius 2 is 2.21 bits per heavy atom. The molecule has 1 heterocycles. The predicted molar refractivity (Wildman–Crippen MR) is 88.0 cm³/mol. The Hall–Kier alpha value is -2.03. The third-order valence-corrected chi connectivity index (χ3v) is 3.59. The van der Waals surface area contributed by atoms with Crippen molar-refractivity contribution in [1.82, 2.24) is 15.5 Å². The van der Waals surface area contributed by atoms with Crippen LogP contribution in [-0.4, -0.2) is 72.9 Å². The highest BCUT2D eigenvalue weighted by atomic mass is 16.5. The van der Waals surface area contributed by atoms with Gasteiger partial charge in [0, 0.05) is 19.6 Å². The van der Waals surface area contributed by atoms with Crippen LogP contribution < -0.4 is 15.4 Å². The minimum absolute atomic E-state index is 0.104. The number of rotatable bonds is 7. The van der Waals surface area contributed by atoms with Crippen LogP contribution in [-0.2, 0) is 4.74 Å². The molecule has 4 N–H and O–H groups in total. The van der Waals surface area contributed by atoms with Gasteiger partial charge in [-0.05, 0) is 31.2 Å². The van der Waals surface area contributed by atoms with Gasteiger partial charge in [0.1, 0.15) is 30.4 Å². The summed E-state index contributed by atoms with van der Waals surface area (Å²) < 4.78 is 10.8. The third kappa shape index (κ3) is 5.55. The summed E-state index contributed by atoms with van der Waals surface area (Å²) in [5.41, 5.74) is 0. The first-order chi connectivity index (χ1) is 11.6. The Morgan fingerprint density at radius 1 is 1.46 bits per heavy atom. The molecule has 0 saturated carbocycles. The number of aliphatic hydroxyl groups is 1. The number of morpholine rings is 1. The quantitative estimate of drug-likeness (QED) is 0.562.